The van der Waals surface area contributed by atoms with Gasteiger partial charge in [-0.15, -0.1) is 0 Å². The Morgan fingerprint density at radius 3 is 2.65 bits per heavy atom. The number of rotatable bonds is 6. The normalized spacial score (nSPS) is 12.5. The van der Waals surface area contributed by atoms with E-state index >= 15 is 0 Å². The fraction of sp³-hybridized carbons (Fsp3) is 0.667. The average Bonchev–Trinajstić information content (AvgIpc) is 2.28. The van der Waals surface area contributed by atoms with Gasteiger partial charge in [0.2, 0.25) is 11.9 Å². The van der Waals surface area contributed by atoms with E-state index in [0.717, 1.165) is 0 Å². The average molecular weight is 259 g/mol. The molecule has 1 unspecified atom stereocenters. The third-order valence-corrected chi connectivity index (χ3v) is 2.92. The summed E-state index contributed by atoms with van der Waals surface area (Å²) >= 11 is 1.43. The maximum atomic E-state index is 9.18. The number of anilines is 2. The Bertz CT molecular complexity index is 363. The standard InChI is InChI=1S/C9H17N5O2S/c1-14(2)9-12-7(11-8(10)13-9)5-17-4-6(16)3-15/h6,15-16H,3-5H2,1-2H3,(H2,10,11,12,13). The second-order valence-corrected chi connectivity index (χ2v) is 4.69. The van der Waals surface area contributed by atoms with Gasteiger partial charge in [-0.25, -0.2) is 0 Å². The van der Waals surface area contributed by atoms with Crippen molar-refractivity contribution >= 4 is 23.7 Å². The topological polar surface area (TPSA) is 108 Å². The minimum atomic E-state index is -0.715. The molecule has 1 atom stereocenters. The molecule has 1 heterocycles. The van der Waals surface area contributed by atoms with Crippen LogP contribution in [0.25, 0.3) is 0 Å². The molecule has 4 N–H and O–H groups in total. The Kier molecular flexibility index (Phi) is 5.39. The maximum Gasteiger partial charge on any atom is 0.229 e. The van der Waals surface area contributed by atoms with Crippen molar-refractivity contribution < 1.29 is 10.2 Å². The van der Waals surface area contributed by atoms with E-state index in [1.807, 2.05) is 14.1 Å². The quantitative estimate of drug-likeness (QED) is 0.603. The van der Waals surface area contributed by atoms with Crippen LogP contribution in [0.15, 0.2) is 0 Å². The Morgan fingerprint density at radius 2 is 2.06 bits per heavy atom. The van der Waals surface area contributed by atoms with Crippen molar-refractivity contribution in [2.24, 2.45) is 0 Å². The molecule has 96 valence electrons. The first-order valence-electron chi connectivity index (χ1n) is 5.07. The summed E-state index contributed by atoms with van der Waals surface area (Å²) in [5, 5.41) is 17.8. The van der Waals surface area contributed by atoms with Crippen LogP contribution >= 0.6 is 11.8 Å². The first-order chi connectivity index (χ1) is 8.02. The Morgan fingerprint density at radius 1 is 1.35 bits per heavy atom. The largest absolute Gasteiger partial charge is 0.394 e. The monoisotopic (exact) mass is 259 g/mol. The lowest BCUT2D eigenvalue weighted by Crippen LogP contribution is -2.17. The molecule has 0 fully saturated rings. The molecule has 0 aromatic carbocycles. The van der Waals surface area contributed by atoms with Crippen LogP contribution < -0.4 is 10.6 Å². The van der Waals surface area contributed by atoms with Crippen LogP contribution in [0.5, 0.6) is 0 Å². The molecular formula is C9H17N5O2S. The zero-order valence-electron chi connectivity index (χ0n) is 9.87. The summed E-state index contributed by atoms with van der Waals surface area (Å²) < 4.78 is 0. The highest BCUT2D eigenvalue weighted by atomic mass is 32.2. The number of thioether (sulfide) groups is 1. The first kappa shape index (κ1) is 13.9. The lowest BCUT2D eigenvalue weighted by Gasteiger charge is -2.11. The number of hydrogen-bond donors (Lipinski definition) is 3. The van der Waals surface area contributed by atoms with Crippen molar-refractivity contribution in [1.29, 1.82) is 0 Å². The van der Waals surface area contributed by atoms with Crippen molar-refractivity contribution in [2.75, 3.05) is 37.1 Å². The molecule has 0 spiro atoms. The van der Waals surface area contributed by atoms with Crippen LogP contribution in [-0.4, -0.2) is 57.7 Å². The molecule has 7 nitrogen and oxygen atoms in total. The molecule has 1 rings (SSSR count). The number of hydrogen-bond acceptors (Lipinski definition) is 8. The summed E-state index contributed by atoms with van der Waals surface area (Å²) in [5.41, 5.74) is 5.57. The van der Waals surface area contributed by atoms with E-state index in [9.17, 15) is 5.11 Å². The van der Waals surface area contributed by atoms with E-state index in [1.54, 1.807) is 4.90 Å². The van der Waals surface area contributed by atoms with E-state index < -0.39 is 6.10 Å². The minimum Gasteiger partial charge on any atom is -0.394 e. The predicted octanol–water partition coefficient (Wildman–Crippen LogP) is -0.894. The summed E-state index contributed by atoms with van der Waals surface area (Å²) in [6.07, 6.45) is -0.715. The highest BCUT2D eigenvalue weighted by Gasteiger charge is 2.07. The third kappa shape index (κ3) is 4.72. The number of aliphatic hydroxyl groups excluding tert-OH is 2. The molecule has 0 aliphatic rings. The second kappa shape index (κ2) is 6.58. The van der Waals surface area contributed by atoms with Gasteiger partial charge in [-0.3, -0.25) is 0 Å². The molecule has 0 saturated heterocycles. The number of aromatic nitrogens is 3. The van der Waals surface area contributed by atoms with Gasteiger partial charge in [0.05, 0.1) is 18.5 Å². The van der Waals surface area contributed by atoms with Crippen molar-refractivity contribution in [2.45, 2.75) is 11.9 Å². The fourth-order valence-corrected chi connectivity index (χ4v) is 1.84. The molecule has 1 aromatic rings. The molecule has 17 heavy (non-hydrogen) atoms. The Hall–Kier alpha value is -1.12. The summed E-state index contributed by atoms with van der Waals surface area (Å²) in [6, 6.07) is 0. The van der Waals surface area contributed by atoms with E-state index in [0.29, 0.717) is 23.3 Å². The van der Waals surface area contributed by atoms with E-state index in [-0.39, 0.29) is 12.6 Å². The van der Waals surface area contributed by atoms with E-state index in [4.69, 9.17) is 10.8 Å². The lowest BCUT2D eigenvalue weighted by atomic mass is 10.4. The minimum absolute atomic E-state index is 0.182. The predicted molar refractivity (Wildman–Crippen MR) is 67.8 cm³/mol. The molecule has 0 amide bonds. The van der Waals surface area contributed by atoms with Gasteiger partial charge >= 0.3 is 0 Å². The van der Waals surface area contributed by atoms with Gasteiger partial charge in [0, 0.05) is 19.8 Å². The van der Waals surface area contributed by atoms with Crippen LogP contribution in [0, 0.1) is 0 Å². The Labute approximate surface area is 104 Å². The number of nitrogens with two attached hydrogens (primary N) is 1. The lowest BCUT2D eigenvalue weighted by molar-refractivity contribution is 0.113. The summed E-state index contributed by atoms with van der Waals surface area (Å²) in [6.45, 7) is -0.241. The highest BCUT2D eigenvalue weighted by Crippen LogP contribution is 2.13. The number of nitrogen functional groups attached to an aromatic ring is 1. The SMILES string of the molecule is CN(C)c1nc(N)nc(CSCC(O)CO)n1. The molecule has 8 heteroatoms. The third-order valence-electron chi connectivity index (χ3n) is 1.84. The highest BCUT2D eigenvalue weighted by molar-refractivity contribution is 7.98. The molecule has 0 radical (unpaired) electrons. The summed E-state index contributed by atoms with van der Waals surface area (Å²) in [7, 11) is 3.64. The Balaban J connectivity index is 2.59. The van der Waals surface area contributed by atoms with Gasteiger partial charge in [0.15, 0.2) is 0 Å². The van der Waals surface area contributed by atoms with Gasteiger partial charge in [-0.2, -0.15) is 26.7 Å². The fourth-order valence-electron chi connectivity index (χ4n) is 1.03. The van der Waals surface area contributed by atoms with Gasteiger partial charge in [0.25, 0.3) is 0 Å². The van der Waals surface area contributed by atoms with Gasteiger partial charge < -0.3 is 20.8 Å². The van der Waals surface area contributed by atoms with Gasteiger partial charge in [-0.05, 0) is 0 Å². The molecule has 0 saturated carbocycles. The van der Waals surface area contributed by atoms with Crippen LogP contribution in [0.3, 0.4) is 0 Å². The number of aliphatic hydroxyl groups is 2. The zero-order chi connectivity index (χ0) is 12.8. The van der Waals surface area contributed by atoms with Crippen LogP contribution in [-0.2, 0) is 5.75 Å². The first-order valence-corrected chi connectivity index (χ1v) is 6.22. The molecule has 0 aliphatic heterocycles. The van der Waals surface area contributed by atoms with Crippen LogP contribution in [0.4, 0.5) is 11.9 Å². The molecular weight excluding hydrogens is 242 g/mol. The van der Waals surface area contributed by atoms with Crippen LogP contribution in [0.1, 0.15) is 5.82 Å². The molecule has 0 aliphatic carbocycles. The van der Waals surface area contributed by atoms with Gasteiger partial charge in [-0.1, -0.05) is 0 Å². The van der Waals surface area contributed by atoms with Crippen molar-refractivity contribution in [3.8, 4) is 0 Å². The van der Waals surface area contributed by atoms with Gasteiger partial charge in [0.1, 0.15) is 5.82 Å². The smallest absolute Gasteiger partial charge is 0.229 e. The molecule has 0 bridgehead atoms. The summed E-state index contributed by atoms with van der Waals surface area (Å²) in [5.74, 6) is 2.21. The number of nitrogens with zero attached hydrogens (tertiary/aromatic N) is 4. The summed E-state index contributed by atoms with van der Waals surface area (Å²) in [4.78, 5) is 13.9. The maximum absolute atomic E-state index is 9.18. The zero-order valence-corrected chi connectivity index (χ0v) is 10.7. The van der Waals surface area contributed by atoms with E-state index in [2.05, 4.69) is 15.0 Å². The van der Waals surface area contributed by atoms with Crippen molar-refractivity contribution in [1.82, 2.24) is 15.0 Å². The van der Waals surface area contributed by atoms with E-state index in [1.165, 1.54) is 11.8 Å². The molecule has 1 aromatic heterocycles. The van der Waals surface area contributed by atoms with Crippen molar-refractivity contribution in [3.05, 3.63) is 5.82 Å². The van der Waals surface area contributed by atoms with Crippen LogP contribution in [0.2, 0.25) is 0 Å². The second-order valence-electron chi connectivity index (χ2n) is 3.66. The van der Waals surface area contributed by atoms with Crippen molar-refractivity contribution in [3.63, 3.8) is 0 Å².